The number of aliphatic imine (C=N–C) groups is 1. The third-order valence-corrected chi connectivity index (χ3v) is 16.4. The number of amides is 3. The summed E-state index contributed by atoms with van der Waals surface area (Å²) in [5.74, 6) is -9.68. The van der Waals surface area contributed by atoms with E-state index in [1.165, 1.54) is 4.31 Å². The number of carbonyl (C=O) groups excluding carboxylic acids is 4. The van der Waals surface area contributed by atoms with Crippen LogP contribution in [-0.4, -0.2) is 216 Å². The predicted octanol–water partition coefficient (Wildman–Crippen LogP) is 3.09. The molecule has 4 N–H and O–H groups in total. The minimum Gasteiger partial charge on any atom is -0.420 e. The van der Waals surface area contributed by atoms with Crippen molar-refractivity contribution in [2.75, 3.05) is 163 Å². The van der Waals surface area contributed by atoms with Crippen molar-refractivity contribution in [3.63, 3.8) is 0 Å². The van der Waals surface area contributed by atoms with Crippen molar-refractivity contribution >= 4 is 51.5 Å². The number of esters is 1. The number of amidine groups is 1. The van der Waals surface area contributed by atoms with Gasteiger partial charge in [-0.2, -0.15) is 13.1 Å². The van der Waals surface area contributed by atoms with Crippen molar-refractivity contribution in [2.24, 2.45) is 16.6 Å². The van der Waals surface area contributed by atoms with Gasteiger partial charge in [0, 0.05) is 68.8 Å². The molecule has 3 aromatic rings. The van der Waals surface area contributed by atoms with Gasteiger partial charge in [-0.15, -0.1) is 0 Å². The van der Waals surface area contributed by atoms with Crippen molar-refractivity contribution in [2.45, 2.75) is 70.3 Å². The van der Waals surface area contributed by atoms with Crippen LogP contribution in [0.25, 0.3) is 17.2 Å². The molecule has 0 saturated carbocycles. The fourth-order valence-electron chi connectivity index (χ4n) is 8.48. The number of benzene rings is 3. The van der Waals surface area contributed by atoms with E-state index in [1.54, 1.807) is 49.9 Å². The normalized spacial score (nSPS) is 13.7. The number of nitrogens with one attached hydrogen (secondary N) is 2. The number of alkyl carbamates (subject to hydrolysis) is 1. The van der Waals surface area contributed by atoms with E-state index in [2.05, 4.69) is 20.4 Å². The van der Waals surface area contributed by atoms with E-state index in [0.29, 0.717) is 145 Å². The van der Waals surface area contributed by atoms with Crippen LogP contribution in [0, 0.1) is 29.2 Å². The molecular weight excluding hydrogens is 1340 g/mol. The standard InChI is InChI=1S/C61H86F4IN6O18S/c1-5-15-71(16-7-14-68-60(76)90-61(2,3)4)59(75)48-35-47-11-10-46(37-52(47)70-53(67)38-48)45-8-6-9-49(36-45)91(77,78)72-41-44(42-72)40-69-54(73)12-17-79-19-21-81-29-30-86-33-34-88-66-43-87-32-31-85-28-27-84-26-25-83-24-23-82-22-20-80-18-13-55(74)89-58-56(64)50(62)39-51(63)57(58)65/h6,8-11,35-37,39,44H,5,7,12-34,38,40-43H2,1-4H3,(H2,67,70)(H,68,76)(H,69,73)/q-1. The van der Waals surface area contributed by atoms with Crippen LogP contribution in [0.1, 0.15) is 65.4 Å². The Kier molecular flexibility index (Phi) is 35.1. The van der Waals surface area contributed by atoms with E-state index in [1.807, 2.05) is 31.2 Å². The van der Waals surface area contributed by atoms with Gasteiger partial charge < -0.3 is 40.2 Å². The molecule has 0 bridgehead atoms. The topological polar surface area (TPSA) is 282 Å². The molecule has 30 heteroatoms. The number of hydrogen-bond donors (Lipinski definition) is 3. The first-order valence-electron chi connectivity index (χ1n) is 30.0. The summed E-state index contributed by atoms with van der Waals surface area (Å²) in [6.07, 6.45) is 2.46. The fourth-order valence-corrected chi connectivity index (χ4v) is 11.3. The van der Waals surface area contributed by atoms with Crippen molar-refractivity contribution < 1.29 is 122 Å². The zero-order chi connectivity index (χ0) is 65.9. The summed E-state index contributed by atoms with van der Waals surface area (Å²) in [5.41, 5.74) is 8.89. The first kappa shape index (κ1) is 76.2. The molecule has 2 aliphatic rings. The average Bonchev–Trinajstić information content (AvgIpc) is 1.32. The number of halogens is 5. The van der Waals surface area contributed by atoms with Gasteiger partial charge in [0.15, 0.2) is 11.6 Å². The van der Waals surface area contributed by atoms with Crippen LogP contribution >= 0.6 is 0 Å². The smallest absolute Gasteiger partial charge is 0.420 e. The SMILES string of the molecule is CCCN(CCCNC(=O)OC(C)(C)C)C(=O)C1=Cc2ccc(-c3cccc(S(=O)(=O)N4CC(CNC(=O)CCOCCOCCOCCO[I-]COCCOCCOCCOCCOCCOCCC(=O)Oc5c(F)c(F)cc(F)c5F)C4)c3)cc2N=C(N)C1. The average molecular weight is 1430 g/mol. The first-order chi connectivity index (χ1) is 43.7. The molecule has 510 valence electrons. The number of carbonyl (C=O) groups is 4. The second-order valence-electron chi connectivity index (χ2n) is 21.4. The number of nitrogens with zero attached hydrogens (tertiary/aromatic N) is 3. The number of nitrogens with two attached hydrogens (primary N) is 1. The second kappa shape index (κ2) is 42.0. The molecule has 3 aromatic carbocycles. The van der Waals surface area contributed by atoms with Gasteiger partial charge in [0.05, 0.1) is 43.4 Å². The predicted molar refractivity (Wildman–Crippen MR) is 321 cm³/mol. The summed E-state index contributed by atoms with van der Waals surface area (Å²) in [6, 6.07) is 12.2. The summed E-state index contributed by atoms with van der Waals surface area (Å²) < 4.78 is 147. The van der Waals surface area contributed by atoms with E-state index < -0.39 is 84.7 Å². The molecule has 0 spiro atoms. The summed E-state index contributed by atoms with van der Waals surface area (Å²) in [4.78, 5) is 56.7. The fraction of sp³-hybridized carbons (Fsp3) is 0.590. The zero-order valence-corrected chi connectivity index (χ0v) is 55.0. The van der Waals surface area contributed by atoms with Gasteiger partial charge in [-0.1, -0.05) is 31.2 Å². The third kappa shape index (κ3) is 29.1. The van der Waals surface area contributed by atoms with Crippen molar-refractivity contribution in [1.29, 1.82) is 0 Å². The second-order valence-corrected chi connectivity index (χ2v) is 25.2. The van der Waals surface area contributed by atoms with Crippen LogP contribution in [0.2, 0.25) is 0 Å². The van der Waals surface area contributed by atoms with Gasteiger partial charge in [0.2, 0.25) is 39.2 Å². The van der Waals surface area contributed by atoms with Crippen LogP contribution in [0.3, 0.4) is 0 Å². The molecule has 1 saturated heterocycles. The van der Waals surface area contributed by atoms with Crippen LogP contribution in [0.15, 0.2) is 64.0 Å². The third-order valence-electron chi connectivity index (χ3n) is 13.0. The first-order valence-corrected chi connectivity index (χ1v) is 33.9. The molecule has 24 nitrogen and oxygen atoms in total. The number of hydrogen-bond acceptors (Lipinski definition) is 20. The van der Waals surface area contributed by atoms with Crippen LogP contribution in [0.4, 0.5) is 28.0 Å². The molecule has 1 fully saturated rings. The maximum atomic E-state index is 13.8. The summed E-state index contributed by atoms with van der Waals surface area (Å²) in [6.45, 7) is 15.1. The molecule has 2 aliphatic heterocycles. The Morgan fingerprint density at radius 1 is 0.692 bits per heavy atom. The van der Waals surface area contributed by atoms with Gasteiger partial charge in [-0.05, 0) is 69.0 Å². The number of fused-ring (bicyclic) bond motifs is 1. The number of rotatable bonds is 46. The van der Waals surface area contributed by atoms with E-state index in [0.717, 1.165) is 12.0 Å². The van der Waals surface area contributed by atoms with E-state index in [-0.39, 0.29) is 93.5 Å². The summed E-state index contributed by atoms with van der Waals surface area (Å²) in [5, 5.41) is 5.62. The zero-order valence-electron chi connectivity index (χ0n) is 52.1. The van der Waals surface area contributed by atoms with Crippen molar-refractivity contribution in [3.05, 3.63) is 82.9 Å². The molecule has 0 unspecified atom stereocenters. The van der Waals surface area contributed by atoms with Gasteiger partial charge >= 0.3 is 173 Å². The Morgan fingerprint density at radius 2 is 1.24 bits per heavy atom. The molecule has 0 atom stereocenters. The quantitative estimate of drug-likeness (QED) is 0.0139. The summed E-state index contributed by atoms with van der Waals surface area (Å²) in [7, 11) is -3.82. The number of alkyl halides is 1. The molecule has 0 radical (unpaired) electrons. The molecule has 91 heavy (non-hydrogen) atoms. The van der Waals surface area contributed by atoms with Crippen LogP contribution < -0.4 is 42.7 Å². The molecular formula is C61H86F4IN6O18S-. The van der Waals surface area contributed by atoms with Gasteiger partial charge in [-0.3, -0.25) is 14.4 Å². The van der Waals surface area contributed by atoms with Crippen molar-refractivity contribution in [3.8, 4) is 16.9 Å². The Balaban J connectivity index is 0.786. The number of sulfonamides is 1. The monoisotopic (exact) mass is 1430 g/mol. The Hall–Kier alpha value is -5.49. The Morgan fingerprint density at radius 3 is 1.82 bits per heavy atom. The van der Waals surface area contributed by atoms with E-state index >= 15 is 0 Å². The molecule has 5 rings (SSSR count). The Bertz CT molecular complexity index is 2900. The molecule has 2 heterocycles. The van der Waals surface area contributed by atoms with Gasteiger partial charge in [-0.25, -0.2) is 27.0 Å². The molecule has 3 amide bonds. The van der Waals surface area contributed by atoms with E-state index in [9.17, 15) is 45.2 Å². The van der Waals surface area contributed by atoms with Crippen LogP contribution in [0.5, 0.6) is 5.75 Å². The van der Waals surface area contributed by atoms with Gasteiger partial charge in [0.1, 0.15) is 11.4 Å². The van der Waals surface area contributed by atoms with Crippen LogP contribution in [-0.2, 0) is 74.8 Å². The van der Waals surface area contributed by atoms with Crippen molar-refractivity contribution in [1.82, 2.24) is 19.8 Å². The van der Waals surface area contributed by atoms with Gasteiger partial charge in [0.25, 0.3) is 0 Å². The number of ether oxygens (including phenoxy) is 11. The minimum absolute atomic E-state index is 0.0115. The minimum atomic E-state index is -3.82. The Labute approximate surface area is 540 Å². The maximum absolute atomic E-state index is 13.8. The molecule has 0 aliphatic carbocycles. The summed E-state index contributed by atoms with van der Waals surface area (Å²) >= 11 is -0.598. The molecule has 0 aromatic heterocycles. The van der Waals surface area contributed by atoms with E-state index in [4.69, 9.17) is 56.2 Å².